The second-order valence-corrected chi connectivity index (χ2v) is 6.38. The smallest absolute Gasteiger partial charge is 0.113 e. The molecule has 90 valence electrons. The van der Waals surface area contributed by atoms with Crippen molar-refractivity contribution in [3.05, 3.63) is 15.5 Å². The second-order valence-electron chi connectivity index (χ2n) is 4.63. The van der Waals surface area contributed by atoms with Crippen LogP contribution in [0.3, 0.4) is 0 Å². The molecule has 1 fully saturated rings. The zero-order valence-corrected chi connectivity index (χ0v) is 11.4. The minimum atomic E-state index is 0.376. The Balaban J connectivity index is 1.79. The van der Waals surface area contributed by atoms with E-state index >= 15 is 0 Å². The van der Waals surface area contributed by atoms with Crippen LogP contribution in [0.5, 0.6) is 0 Å². The van der Waals surface area contributed by atoms with E-state index in [1.807, 2.05) is 0 Å². The lowest BCUT2D eigenvalue weighted by molar-refractivity contribution is 0.0598. The lowest BCUT2D eigenvalue weighted by Crippen LogP contribution is -2.56. The number of hydrogen-bond donors (Lipinski definition) is 1. The Morgan fingerprint density at radius 1 is 1.56 bits per heavy atom. The Kier molecular flexibility index (Phi) is 3.85. The molecule has 1 aromatic heterocycles. The van der Waals surface area contributed by atoms with Gasteiger partial charge in [-0.15, -0.1) is 11.3 Å². The Hall–Kier alpha value is -0.160. The van der Waals surface area contributed by atoms with Crippen LogP contribution in [0.1, 0.15) is 24.3 Å². The van der Waals surface area contributed by atoms with Crippen LogP contribution in [0.15, 0.2) is 6.20 Å². The van der Waals surface area contributed by atoms with Gasteiger partial charge in [-0.25, -0.2) is 4.98 Å². The van der Waals surface area contributed by atoms with Crippen LogP contribution in [-0.4, -0.2) is 36.1 Å². The molecule has 3 nitrogen and oxygen atoms in total. The summed E-state index contributed by atoms with van der Waals surface area (Å²) >= 11 is 7.39. The molecule has 0 atom stereocenters. The summed E-state index contributed by atoms with van der Waals surface area (Å²) in [4.78, 5) is 6.58. The minimum absolute atomic E-state index is 0.376. The third-order valence-electron chi connectivity index (χ3n) is 3.49. The van der Waals surface area contributed by atoms with Gasteiger partial charge in [-0.3, -0.25) is 0 Å². The standard InChI is InChI=1S/C11H18ClN3S/c1-15(2)11(4-3-5-11)8-13-7-10-14-6-9(12)16-10/h6,13H,3-5,7-8H2,1-2H3. The first-order chi connectivity index (χ1) is 7.62. The van der Waals surface area contributed by atoms with Crippen LogP contribution in [-0.2, 0) is 6.54 Å². The molecule has 1 heterocycles. The van der Waals surface area contributed by atoms with Gasteiger partial charge in [-0.05, 0) is 33.4 Å². The van der Waals surface area contributed by atoms with Crippen LogP contribution < -0.4 is 5.32 Å². The van der Waals surface area contributed by atoms with Crippen molar-refractivity contribution >= 4 is 22.9 Å². The lowest BCUT2D eigenvalue weighted by atomic mass is 9.75. The van der Waals surface area contributed by atoms with Crippen molar-refractivity contribution in [2.24, 2.45) is 0 Å². The van der Waals surface area contributed by atoms with Gasteiger partial charge in [-0.1, -0.05) is 11.6 Å². The predicted octanol–water partition coefficient (Wildman–Crippen LogP) is 2.37. The zero-order chi connectivity index (χ0) is 11.6. The summed E-state index contributed by atoms with van der Waals surface area (Å²) in [6, 6.07) is 0. The van der Waals surface area contributed by atoms with E-state index in [0.29, 0.717) is 5.54 Å². The van der Waals surface area contributed by atoms with E-state index in [1.54, 1.807) is 17.5 Å². The average Bonchev–Trinajstić information content (AvgIpc) is 2.55. The molecule has 2 rings (SSSR count). The van der Waals surface area contributed by atoms with Crippen molar-refractivity contribution < 1.29 is 0 Å². The first-order valence-electron chi connectivity index (χ1n) is 5.61. The Morgan fingerprint density at radius 2 is 2.31 bits per heavy atom. The highest BCUT2D eigenvalue weighted by molar-refractivity contribution is 7.15. The molecule has 1 saturated carbocycles. The minimum Gasteiger partial charge on any atom is -0.309 e. The number of nitrogens with zero attached hydrogens (tertiary/aromatic N) is 2. The van der Waals surface area contributed by atoms with E-state index in [1.165, 1.54) is 19.3 Å². The molecule has 0 aromatic carbocycles. The molecule has 0 spiro atoms. The lowest BCUT2D eigenvalue weighted by Gasteiger charge is -2.47. The van der Waals surface area contributed by atoms with E-state index in [4.69, 9.17) is 11.6 Å². The maximum absolute atomic E-state index is 5.84. The molecule has 16 heavy (non-hydrogen) atoms. The Labute approximate surface area is 106 Å². The van der Waals surface area contributed by atoms with E-state index < -0.39 is 0 Å². The molecule has 0 amide bonds. The number of rotatable bonds is 5. The zero-order valence-electron chi connectivity index (χ0n) is 9.79. The van der Waals surface area contributed by atoms with Gasteiger partial charge in [0.2, 0.25) is 0 Å². The van der Waals surface area contributed by atoms with Crippen molar-refractivity contribution in [2.45, 2.75) is 31.3 Å². The van der Waals surface area contributed by atoms with E-state index in [0.717, 1.165) is 22.4 Å². The van der Waals surface area contributed by atoms with Crippen molar-refractivity contribution in [1.82, 2.24) is 15.2 Å². The predicted molar refractivity (Wildman–Crippen MR) is 69.1 cm³/mol. The third-order valence-corrected chi connectivity index (χ3v) is 4.60. The van der Waals surface area contributed by atoms with Crippen LogP contribution in [0.25, 0.3) is 0 Å². The molecule has 1 aromatic rings. The molecule has 1 aliphatic rings. The summed E-state index contributed by atoms with van der Waals surface area (Å²) in [5, 5.41) is 4.55. The first-order valence-corrected chi connectivity index (χ1v) is 6.80. The van der Waals surface area contributed by atoms with Crippen LogP contribution in [0, 0.1) is 0 Å². The van der Waals surface area contributed by atoms with Gasteiger partial charge in [0.05, 0.1) is 6.20 Å². The van der Waals surface area contributed by atoms with E-state index in [9.17, 15) is 0 Å². The van der Waals surface area contributed by atoms with E-state index in [2.05, 4.69) is 29.3 Å². The fourth-order valence-corrected chi connectivity index (χ4v) is 3.06. The molecule has 1 aliphatic carbocycles. The molecular weight excluding hydrogens is 242 g/mol. The summed E-state index contributed by atoms with van der Waals surface area (Å²) < 4.78 is 0.766. The van der Waals surface area contributed by atoms with Crippen molar-refractivity contribution in [2.75, 3.05) is 20.6 Å². The van der Waals surface area contributed by atoms with Gasteiger partial charge in [0, 0.05) is 18.6 Å². The molecule has 0 unspecified atom stereocenters. The van der Waals surface area contributed by atoms with Gasteiger partial charge in [-0.2, -0.15) is 0 Å². The van der Waals surface area contributed by atoms with Crippen molar-refractivity contribution in [3.8, 4) is 0 Å². The molecule has 1 N–H and O–H groups in total. The topological polar surface area (TPSA) is 28.2 Å². The fourth-order valence-electron chi connectivity index (χ4n) is 2.14. The molecular formula is C11H18ClN3S. The van der Waals surface area contributed by atoms with Gasteiger partial charge >= 0.3 is 0 Å². The monoisotopic (exact) mass is 259 g/mol. The number of nitrogens with one attached hydrogen (secondary N) is 1. The Bertz CT molecular complexity index is 347. The highest BCUT2D eigenvalue weighted by Gasteiger charge is 2.38. The fraction of sp³-hybridized carbons (Fsp3) is 0.727. The maximum Gasteiger partial charge on any atom is 0.113 e. The quantitative estimate of drug-likeness (QED) is 0.880. The summed E-state index contributed by atoms with van der Waals surface area (Å²) in [6.07, 6.45) is 5.66. The normalized spacial score (nSPS) is 18.8. The van der Waals surface area contributed by atoms with Gasteiger partial charge < -0.3 is 10.2 Å². The van der Waals surface area contributed by atoms with Crippen molar-refractivity contribution in [1.29, 1.82) is 0 Å². The number of halogens is 1. The van der Waals surface area contributed by atoms with Crippen molar-refractivity contribution in [3.63, 3.8) is 0 Å². The summed E-state index contributed by atoms with van der Waals surface area (Å²) in [7, 11) is 4.34. The van der Waals surface area contributed by atoms with Gasteiger partial charge in [0.1, 0.15) is 9.34 Å². The SMILES string of the molecule is CN(C)C1(CNCc2ncc(Cl)s2)CCC1. The molecule has 0 bridgehead atoms. The molecule has 0 saturated heterocycles. The summed E-state index contributed by atoms with van der Waals surface area (Å²) in [6.45, 7) is 1.87. The largest absolute Gasteiger partial charge is 0.309 e. The second kappa shape index (κ2) is 5.00. The highest BCUT2D eigenvalue weighted by atomic mass is 35.5. The average molecular weight is 260 g/mol. The number of hydrogen-bond acceptors (Lipinski definition) is 4. The first kappa shape index (κ1) is 12.3. The summed E-state index contributed by atoms with van der Waals surface area (Å²) in [5.41, 5.74) is 0.376. The summed E-state index contributed by atoms with van der Waals surface area (Å²) in [5.74, 6) is 0. The molecule has 5 heteroatoms. The van der Waals surface area contributed by atoms with Crippen LogP contribution in [0.2, 0.25) is 4.34 Å². The van der Waals surface area contributed by atoms with Crippen LogP contribution in [0.4, 0.5) is 0 Å². The number of thiazole rings is 1. The van der Waals surface area contributed by atoms with Crippen LogP contribution >= 0.6 is 22.9 Å². The van der Waals surface area contributed by atoms with E-state index in [-0.39, 0.29) is 0 Å². The molecule has 0 radical (unpaired) electrons. The number of likely N-dealkylation sites (N-methyl/N-ethyl adjacent to an activating group) is 1. The van der Waals surface area contributed by atoms with Gasteiger partial charge in [0.15, 0.2) is 0 Å². The highest BCUT2D eigenvalue weighted by Crippen LogP contribution is 2.35. The number of aromatic nitrogens is 1. The maximum atomic E-state index is 5.84. The Morgan fingerprint density at radius 3 is 2.75 bits per heavy atom. The third kappa shape index (κ3) is 2.56. The van der Waals surface area contributed by atoms with Gasteiger partial charge in [0.25, 0.3) is 0 Å². The molecule has 0 aliphatic heterocycles.